The second kappa shape index (κ2) is 5.24. The van der Waals surface area contributed by atoms with E-state index in [4.69, 9.17) is 0 Å². The molecule has 88 valence electrons. The minimum atomic E-state index is -1.53. The van der Waals surface area contributed by atoms with Crippen LogP contribution in [0.25, 0.3) is 0 Å². The fourth-order valence-electron chi connectivity index (χ4n) is 1.21. The predicted molar refractivity (Wildman–Crippen MR) is 57.9 cm³/mol. The Morgan fingerprint density at radius 1 is 1.50 bits per heavy atom. The summed E-state index contributed by atoms with van der Waals surface area (Å²) in [4.78, 5) is 9.55. The van der Waals surface area contributed by atoms with Gasteiger partial charge in [-0.05, 0) is 0 Å². The lowest BCUT2D eigenvalue weighted by Crippen LogP contribution is -2.21. The Bertz CT molecular complexity index is 401. The summed E-state index contributed by atoms with van der Waals surface area (Å²) >= 11 is 3.74. The predicted octanol–water partition coefficient (Wildman–Crippen LogP) is 1.06. The zero-order valence-electron chi connectivity index (χ0n) is 8.08. The van der Waals surface area contributed by atoms with Crippen LogP contribution in [0.1, 0.15) is 11.7 Å². The van der Waals surface area contributed by atoms with E-state index in [0.717, 1.165) is 6.07 Å². The minimum absolute atomic E-state index is 0.0801. The van der Waals surface area contributed by atoms with Crippen LogP contribution in [-0.4, -0.2) is 27.0 Å². The summed E-state index contributed by atoms with van der Waals surface area (Å²) in [7, 11) is 0. The van der Waals surface area contributed by atoms with Crippen molar-refractivity contribution in [3.63, 3.8) is 0 Å². The smallest absolute Gasteiger partial charge is 0.305 e. The molecule has 0 aromatic heterocycles. The fraction of sp³-hybridized carbons (Fsp3) is 0.333. The van der Waals surface area contributed by atoms with Crippen LogP contribution in [0.15, 0.2) is 18.2 Å². The van der Waals surface area contributed by atoms with Gasteiger partial charge in [-0.15, -0.1) is 0 Å². The van der Waals surface area contributed by atoms with Crippen LogP contribution < -0.4 is 0 Å². The van der Waals surface area contributed by atoms with E-state index in [0.29, 0.717) is 0 Å². The number of nitro groups is 1. The molecule has 2 atom stereocenters. The molecular weight excluding hydrogens is 237 g/mol. The van der Waals surface area contributed by atoms with E-state index >= 15 is 0 Å². The van der Waals surface area contributed by atoms with E-state index in [2.05, 4.69) is 12.6 Å². The third kappa shape index (κ3) is 2.49. The number of hydrogen-bond acceptors (Lipinski definition) is 5. The topological polar surface area (TPSA) is 83.6 Å². The Morgan fingerprint density at radius 3 is 2.62 bits per heavy atom. The molecule has 0 saturated carbocycles. The van der Waals surface area contributed by atoms with Crippen LogP contribution in [0.3, 0.4) is 0 Å². The lowest BCUT2D eigenvalue weighted by Gasteiger charge is -2.16. The van der Waals surface area contributed by atoms with Crippen molar-refractivity contribution in [3.05, 3.63) is 39.7 Å². The molecule has 0 saturated heterocycles. The van der Waals surface area contributed by atoms with E-state index in [1.165, 1.54) is 12.1 Å². The maximum atomic E-state index is 13.5. The average Bonchev–Trinajstić information content (AvgIpc) is 2.27. The highest BCUT2D eigenvalue weighted by molar-refractivity contribution is 7.80. The molecule has 7 heteroatoms. The zero-order chi connectivity index (χ0) is 12.3. The lowest BCUT2D eigenvalue weighted by atomic mass is 10.0. The van der Waals surface area contributed by atoms with Gasteiger partial charge in [0.05, 0.1) is 11.0 Å². The van der Waals surface area contributed by atoms with Crippen LogP contribution >= 0.6 is 12.6 Å². The normalized spacial score (nSPS) is 14.5. The van der Waals surface area contributed by atoms with Gasteiger partial charge in [-0.2, -0.15) is 17.0 Å². The van der Waals surface area contributed by atoms with Gasteiger partial charge in [0.2, 0.25) is 5.82 Å². The van der Waals surface area contributed by atoms with E-state index in [1.54, 1.807) is 0 Å². The van der Waals surface area contributed by atoms with Crippen molar-refractivity contribution in [2.24, 2.45) is 0 Å². The van der Waals surface area contributed by atoms with Gasteiger partial charge in [-0.3, -0.25) is 10.1 Å². The first-order valence-electron chi connectivity index (χ1n) is 4.38. The maximum absolute atomic E-state index is 13.5. The van der Waals surface area contributed by atoms with Crippen LogP contribution in [0.2, 0.25) is 0 Å². The van der Waals surface area contributed by atoms with Crippen molar-refractivity contribution >= 4 is 18.3 Å². The summed E-state index contributed by atoms with van der Waals surface area (Å²) in [6, 6.07) is 3.41. The van der Waals surface area contributed by atoms with Crippen LogP contribution in [0.4, 0.5) is 10.1 Å². The first kappa shape index (κ1) is 12.9. The molecule has 0 spiro atoms. The third-order valence-corrected chi connectivity index (χ3v) is 2.45. The first-order valence-corrected chi connectivity index (χ1v) is 5.02. The Kier molecular flexibility index (Phi) is 4.22. The summed E-state index contributed by atoms with van der Waals surface area (Å²) < 4.78 is 13.5. The van der Waals surface area contributed by atoms with Crippen molar-refractivity contribution in [2.45, 2.75) is 12.2 Å². The molecule has 16 heavy (non-hydrogen) atoms. The lowest BCUT2D eigenvalue weighted by molar-refractivity contribution is -0.387. The van der Waals surface area contributed by atoms with Crippen LogP contribution in [0.5, 0.6) is 0 Å². The largest absolute Gasteiger partial charge is 0.389 e. The highest BCUT2D eigenvalue weighted by atomic mass is 32.1. The Labute approximate surface area is 96.1 Å². The maximum Gasteiger partial charge on any atom is 0.305 e. The van der Waals surface area contributed by atoms with Crippen molar-refractivity contribution in [1.82, 2.24) is 0 Å². The van der Waals surface area contributed by atoms with Gasteiger partial charge in [0.25, 0.3) is 0 Å². The molecule has 0 aliphatic heterocycles. The van der Waals surface area contributed by atoms with Crippen LogP contribution in [0, 0.1) is 15.9 Å². The van der Waals surface area contributed by atoms with Gasteiger partial charge >= 0.3 is 5.69 Å². The van der Waals surface area contributed by atoms with Gasteiger partial charge in [0, 0.05) is 17.4 Å². The third-order valence-electron chi connectivity index (χ3n) is 2.08. The molecule has 5 nitrogen and oxygen atoms in total. The molecular formula is C9H10FNO4S. The second-order valence-electron chi connectivity index (χ2n) is 3.13. The number of aliphatic hydroxyl groups is 2. The molecule has 0 radical (unpaired) electrons. The number of thiol groups is 1. The van der Waals surface area contributed by atoms with Crippen molar-refractivity contribution in [2.75, 3.05) is 5.75 Å². The van der Waals surface area contributed by atoms with Crippen molar-refractivity contribution in [3.8, 4) is 0 Å². The van der Waals surface area contributed by atoms with Crippen molar-refractivity contribution < 1.29 is 19.5 Å². The second-order valence-corrected chi connectivity index (χ2v) is 3.50. The number of nitrogens with zero attached hydrogens (tertiary/aromatic N) is 1. The van der Waals surface area contributed by atoms with Gasteiger partial charge in [0.1, 0.15) is 6.10 Å². The summed E-state index contributed by atoms with van der Waals surface area (Å²) in [5.74, 6) is -1.22. The Hall–Kier alpha value is -1.18. The van der Waals surface area contributed by atoms with Gasteiger partial charge < -0.3 is 10.2 Å². The molecule has 0 aliphatic rings. The average molecular weight is 247 g/mol. The molecule has 0 heterocycles. The Balaban J connectivity index is 3.15. The van der Waals surface area contributed by atoms with E-state index < -0.39 is 28.6 Å². The van der Waals surface area contributed by atoms with E-state index in [1.807, 2.05) is 0 Å². The summed E-state index contributed by atoms with van der Waals surface area (Å²) in [5.41, 5.74) is -1.04. The van der Waals surface area contributed by atoms with Crippen molar-refractivity contribution in [1.29, 1.82) is 0 Å². The fourth-order valence-corrected chi connectivity index (χ4v) is 1.41. The summed E-state index contributed by atoms with van der Waals surface area (Å²) in [6.45, 7) is 0. The molecule has 0 amide bonds. The standard InChI is InChI=1S/C9H10FNO4S/c10-8-5(9(13)7(12)4-16)2-1-3-6(8)11(14)15/h1-3,7,9,12-13,16H,4H2. The number of hydrogen-bond donors (Lipinski definition) is 3. The number of benzene rings is 1. The molecule has 0 bridgehead atoms. The highest BCUT2D eigenvalue weighted by Gasteiger charge is 2.25. The highest BCUT2D eigenvalue weighted by Crippen LogP contribution is 2.27. The molecule has 0 aliphatic carbocycles. The number of aliphatic hydroxyl groups excluding tert-OH is 2. The SMILES string of the molecule is O=[N+]([O-])c1cccc(C(O)C(O)CS)c1F. The first-order chi connectivity index (χ1) is 7.49. The number of nitro benzene ring substituents is 1. The van der Waals surface area contributed by atoms with E-state index in [-0.39, 0.29) is 11.3 Å². The van der Waals surface area contributed by atoms with Crippen LogP contribution in [-0.2, 0) is 0 Å². The monoisotopic (exact) mass is 247 g/mol. The van der Waals surface area contributed by atoms with Gasteiger partial charge in [-0.25, -0.2) is 0 Å². The van der Waals surface area contributed by atoms with Gasteiger partial charge in [0.15, 0.2) is 0 Å². The molecule has 2 unspecified atom stereocenters. The minimum Gasteiger partial charge on any atom is -0.389 e. The number of rotatable bonds is 4. The molecule has 1 aromatic carbocycles. The molecule has 1 aromatic rings. The molecule has 1 rings (SSSR count). The van der Waals surface area contributed by atoms with Gasteiger partial charge in [-0.1, -0.05) is 12.1 Å². The summed E-state index contributed by atoms with van der Waals surface area (Å²) in [5, 5.41) is 29.2. The number of halogens is 1. The quantitative estimate of drug-likeness (QED) is 0.422. The van der Waals surface area contributed by atoms with E-state index in [9.17, 15) is 24.7 Å². The summed E-state index contributed by atoms with van der Waals surface area (Å²) in [6.07, 6.45) is -2.81. The molecule has 2 N–H and O–H groups in total. The zero-order valence-corrected chi connectivity index (χ0v) is 8.97. The molecule has 0 fully saturated rings. The Morgan fingerprint density at radius 2 is 2.12 bits per heavy atom.